The van der Waals surface area contributed by atoms with Crippen LogP contribution in [0.2, 0.25) is 0 Å². The van der Waals surface area contributed by atoms with Crippen molar-refractivity contribution in [1.29, 1.82) is 0 Å². The van der Waals surface area contributed by atoms with Gasteiger partial charge in [-0.15, -0.1) is 0 Å². The summed E-state index contributed by atoms with van der Waals surface area (Å²) in [6.07, 6.45) is -5.13. The van der Waals surface area contributed by atoms with Crippen LogP contribution in [0.15, 0.2) is 22.7 Å². The zero-order chi connectivity index (χ0) is 14.8. The highest BCUT2D eigenvalue weighted by Gasteiger charge is 2.41. The number of carbonyl (C=O) groups is 2. The van der Waals surface area contributed by atoms with Crippen molar-refractivity contribution in [3.05, 3.63) is 33.8 Å². The van der Waals surface area contributed by atoms with Gasteiger partial charge in [-0.25, -0.2) is 4.79 Å². The number of hydrogen-bond acceptors (Lipinski definition) is 2. The largest absolute Gasteiger partial charge is 0.479 e. The second kappa shape index (κ2) is 5.60. The van der Waals surface area contributed by atoms with Gasteiger partial charge in [-0.3, -0.25) is 4.79 Å². The highest BCUT2D eigenvalue weighted by Crippen LogP contribution is 2.26. The fourth-order valence-electron chi connectivity index (χ4n) is 1.42. The van der Waals surface area contributed by atoms with Crippen molar-refractivity contribution in [2.45, 2.75) is 19.1 Å². The quantitative estimate of drug-likeness (QED) is 0.889. The van der Waals surface area contributed by atoms with Gasteiger partial charge < -0.3 is 10.4 Å². The molecule has 1 aromatic rings. The molecule has 2 N–H and O–H groups in total. The van der Waals surface area contributed by atoms with Crippen molar-refractivity contribution < 1.29 is 27.9 Å². The van der Waals surface area contributed by atoms with Crippen molar-refractivity contribution in [3.8, 4) is 0 Å². The van der Waals surface area contributed by atoms with Crippen LogP contribution in [0.5, 0.6) is 0 Å². The number of alkyl halides is 3. The van der Waals surface area contributed by atoms with E-state index in [1.807, 2.05) is 0 Å². The molecule has 19 heavy (non-hydrogen) atoms. The van der Waals surface area contributed by atoms with Crippen LogP contribution in [0.4, 0.5) is 13.2 Å². The van der Waals surface area contributed by atoms with Crippen LogP contribution in [-0.4, -0.2) is 23.2 Å². The fraction of sp³-hybridized carbons (Fsp3) is 0.273. The van der Waals surface area contributed by atoms with Crippen molar-refractivity contribution in [1.82, 2.24) is 5.32 Å². The van der Waals surface area contributed by atoms with Gasteiger partial charge in [0.15, 0.2) is 6.04 Å². The molecule has 0 aromatic heterocycles. The van der Waals surface area contributed by atoms with Gasteiger partial charge in [0.2, 0.25) is 0 Å². The second-order valence-corrected chi connectivity index (χ2v) is 4.55. The predicted octanol–water partition coefficient (Wildman–Crippen LogP) is 2.56. The maximum atomic E-state index is 12.2. The van der Waals surface area contributed by atoms with Crippen molar-refractivity contribution in [3.63, 3.8) is 0 Å². The Kier molecular flexibility index (Phi) is 4.56. The molecule has 0 spiro atoms. The molecule has 0 bridgehead atoms. The lowest BCUT2D eigenvalue weighted by Gasteiger charge is -2.18. The first-order valence-corrected chi connectivity index (χ1v) is 5.79. The van der Waals surface area contributed by atoms with Gasteiger partial charge in [0.1, 0.15) is 0 Å². The molecule has 0 aliphatic rings. The third kappa shape index (κ3) is 3.69. The minimum Gasteiger partial charge on any atom is -0.479 e. The number of nitrogens with one attached hydrogen (secondary N) is 1. The van der Waals surface area contributed by atoms with E-state index in [-0.39, 0.29) is 5.56 Å². The second-order valence-electron chi connectivity index (χ2n) is 3.70. The van der Waals surface area contributed by atoms with Crippen LogP contribution < -0.4 is 5.32 Å². The van der Waals surface area contributed by atoms with E-state index >= 15 is 0 Å². The van der Waals surface area contributed by atoms with E-state index in [9.17, 15) is 22.8 Å². The zero-order valence-electron chi connectivity index (χ0n) is 9.58. The smallest absolute Gasteiger partial charge is 0.471 e. The number of carboxylic acids is 1. The first kappa shape index (κ1) is 15.5. The molecule has 104 valence electrons. The van der Waals surface area contributed by atoms with E-state index in [1.54, 1.807) is 6.07 Å². The molecule has 0 saturated heterocycles. The molecule has 0 fully saturated rings. The first-order valence-electron chi connectivity index (χ1n) is 5.00. The molecule has 1 rings (SSSR count). The highest BCUT2D eigenvalue weighted by molar-refractivity contribution is 9.10. The van der Waals surface area contributed by atoms with Gasteiger partial charge in [-0.05, 0) is 24.1 Å². The molecule has 1 unspecified atom stereocenters. The SMILES string of the molecule is Cc1c(Br)cccc1C(NC(=O)C(F)(F)F)C(=O)O. The Hall–Kier alpha value is -1.57. The number of halogens is 4. The van der Waals surface area contributed by atoms with Crippen molar-refractivity contribution >= 4 is 27.8 Å². The average molecular weight is 340 g/mol. The third-order valence-corrected chi connectivity index (χ3v) is 3.26. The standard InChI is InChI=1S/C11H9BrF3NO3/c1-5-6(3-2-4-7(5)12)8(9(17)18)16-10(19)11(13,14)15/h2-4,8H,1H3,(H,16,19)(H,17,18). The van der Waals surface area contributed by atoms with E-state index in [2.05, 4.69) is 15.9 Å². The maximum absolute atomic E-state index is 12.2. The molecular formula is C11H9BrF3NO3. The van der Waals surface area contributed by atoms with E-state index in [0.29, 0.717) is 10.0 Å². The van der Waals surface area contributed by atoms with Crippen LogP contribution in [0, 0.1) is 6.92 Å². The van der Waals surface area contributed by atoms with Gasteiger partial charge in [0.25, 0.3) is 0 Å². The Morgan fingerprint density at radius 3 is 2.42 bits per heavy atom. The number of amides is 1. The summed E-state index contributed by atoms with van der Waals surface area (Å²) >= 11 is 3.14. The molecule has 1 atom stereocenters. The van der Waals surface area contributed by atoms with Crippen LogP contribution in [-0.2, 0) is 9.59 Å². The summed E-state index contributed by atoms with van der Waals surface area (Å²) in [5, 5.41) is 10.4. The van der Waals surface area contributed by atoms with Gasteiger partial charge in [0.05, 0.1) is 0 Å². The Morgan fingerprint density at radius 1 is 1.37 bits per heavy atom. The minimum absolute atomic E-state index is 0.0828. The lowest BCUT2D eigenvalue weighted by Crippen LogP contribution is -2.42. The van der Waals surface area contributed by atoms with Crippen LogP contribution in [0.3, 0.4) is 0 Å². The van der Waals surface area contributed by atoms with E-state index in [4.69, 9.17) is 5.11 Å². The minimum atomic E-state index is -5.13. The molecule has 4 nitrogen and oxygen atoms in total. The Labute approximate surface area is 114 Å². The van der Waals surface area contributed by atoms with Gasteiger partial charge >= 0.3 is 18.1 Å². The molecular weight excluding hydrogens is 331 g/mol. The number of rotatable bonds is 3. The van der Waals surface area contributed by atoms with Crippen LogP contribution in [0.1, 0.15) is 17.2 Å². The molecule has 0 aliphatic heterocycles. The van der Waals surface area contributed by atoms with Gasteiger partial charge in [-0.1, -0.05) is 28.1 Å². The number of aliphatic carboxylic acids is 1. The summed E-state index contributed by atoms with van der Waals surface area (Å²) in [7, 11) is 0. The lowest BCUT2D eigenvalue weighted by atomic mass is 10.0. The Balaban J connectivity index is 3.12. The number of carboxylic acid groups (broad SMARTS) is 1. The molecule has 1 aromatic carbocycles. The monoisotopic (exact) mass is 339 g/mol. The third-order valence-electron chi connectivity index (χ3n) is 2.40. The van der Waals surface area contributed by atoms with E-state index in [0.717, 1.165) is 0 Å². The first-order chi connectivity index (χ1) is 8.64. The van der Waals surface area contributed by atoms with Crippen molar-refractivity contribution in [2.24, 2.45) is 0 Å². The summed E-state index contributed by atoms with van der Waals surface area (Å²) in [4.78, 5) is 21.9. The van der Waals surface area contributed by atoms with E-state index < -0.39 is 24.1 Å². The van der Waals surface area contributed by atoms with E-state index in [1.165, 1.54) is 24.4 Å². The summed E-state index contributed by atoms with van der Waals surface area (Å²) in [5.41, 5.74) is 0.525. The fourth-order valence-corrected chi connectivity index (χ4v) is 1.80. The molecule has 8 heteroatoms. The molecule has 0 aliphatic carbocycles. The lowest BCUT2D eigenvalue weighted by molar-refractivity contribution is -0.175. The Morgan fingerprint density at radius 2 is 1.95 bits per heavy atom. The van der Waals surface area contributed by atoms with Crippen LogP contribution >= 0.6 is 15.9 Å². The predicted molar refractivity (Wildman–Crippen MR) is 63.5 cm³/mol. The molecule has 0 saturated carbocycles. The highest BCUT2D eigenvalue weighted by atomic mass is 79.9. The Bertz CT molecular complexity index is 516. The molecule has 1 amide bonds. The number of hydrogen-bond donors (Lipinski definition) is 2. The van der Waals surface area contributed by atoms with Crippen molar-refractivity contribution in [2.75, 3.05) is 0 Å². The molecule has 0 radical (unpaired) electrons. The topological polar surface area (TPSA) is 66.4 Å². The van der Waals surface area contributed by atoms with Gasteiger partial charge in [-0.2, -0.15) is 13.2 Å². The zero-order valence-corrected chi connectivity index (χ0v) is 11.2. The maximum Gasteiger partial charge on any atom is 0.471 e. The van der Waals surface area contributed by atoms with Crippen LogP contribution in [0.25, 0.3) is 0 Å². The molecule has 0 heterocycles. The normalized spacial score (nSPS) is 12.9. The van der Waals surface area contributed by atoms with Gasteiger partial charge in [0, 0.05) is 4.47 Å². The summed E-state index contributed by atoms with van der Waals surface area (Å²) < 4.78 is 37.0. The summed E-state index contributed by atoms with van der Waals surface area (Å²) in [6, 6.07) is 2.67. The average Bonchev–Trinajstić information content (AvgIpc) is 2.28. The number of benzene rings is 1. The summed E-state index contributed by atoms with van der Waals surface area (Å²) in [5.74, 6) is -3.86. The summed E-state index contributed by atoms with van der Waals surface area (Å²) in [6.45, 7) is 1.54. The number of carbonyl (C=O) groups excluding carboxylic acids is 1.